The lowest BCUT2D eigenvalue weighted by Crippen LogP contribution is -2.44. The van der Waals surface area contributed by atoms with Gasteiger partial charge in [-0.3, -0.25) is 4.79 Å². The highest BCUT2D eigenvalue weighted by molar-refractivity contribution is 5.94. The minimum atomic E-state index is 0.0657. The fraction of sp³-hybridized carbons (Fsp3) is 0.353. The van der Waals surface area contributed by atoms with Gasteiger partial charge in [0.25, 0.3) is 0 Å². The Kier molecular flexibility index (Phi) is 4.52. The summed E-state index contributed by atoms with van der Waals surface area (Å²) in [4.78, 5) is 24.5. The third-order valence-electron chi connectivity index (χ3n) is 4.04. The Morgan fingerprint density at radius 3 is 2.43 bits per heavy atom. The molecule has 0 aliphatic carbocycles. The van der Waals surface area contributed by atoms with E-state index < -0.39 is 0 Å². The molecule has 1 fully saturated rings. The van der Waals surface area contributed by atoms with Crippen molar-refractivity contribution < 1.29 is 4.79 Å². The molecule has 0 atom stereocenters. The highest BCUT2D eigenvalue weighted by Gasteiger charge is 2.15. The molecule has 1 saturated heterocycles. The molecule has 0 unspecified atom stereocenters. The van der Waals surface area contributed by atoms with Gasteiger partial charge in [-0.2, -0.15) is 0 Å². The first kappa shape index (κ1) is 15.4. The van der Waals surface area contributed by atoms with Crippen molar-refractivity contribution in [1.29, 1.82) is 0 Å². The molecule has 1 aromatic carbocycles. The zero-order valence-corrected chi connectivity index (χ0v) is 13.5. The lowest BCUT2D eigenvalue weighted by molar-refractivity contribution is 0.101. The Labute approximate surface area is 136 Å². The third kappa shape index (κ3) is 3.84. The average molecular weight is 311 g/mol. The van der Waals surface area contributed by atoms with Crippen molar-refractivity contribution >= 4 is 23.1 Å². The molecule has 2 heterocycles. The molecule has 1 aliphatic rings. The highest BCUT2D eigenvalue weighted by Crippen LogP contribution is 2.20. The predicted octanol–water partition coefficient (Wildman–Crippen LogP) is 2.17. The van der Waals surface area contributed by atoms with Gasteiger partial charge in [-0.05, 0) is 38.2 Å². The summed E-state index contributed by atoms with van der Waals surface area (Å²) in [6.07, 6.45) is 1.58. The quantitative estimate of drug-likeness (QED) is 0.873. The van der Waals surface area contributed by atoms with Gasteiger partial charge >= 0.3 is 0 Å². The van der Waals surface area contributed by atoms with Crippen molar-refractivity contribution in [1.82, 2.24) is 14.9 Å². The molecule has 6 heteroatoms. The fourth-order valence-electron chi connectivity index (χ4n) is 2.56. The van der Waals surface area contributed by atoms with Gasteiger partial charge in [0.2, 0.25) is 0 Å². The van der Waals surface area contributed by atoms with E-state index in [1.807, 2.05) is 30.3 Å². The van der Waals surface area contributed by atoms with Gasteiger partial charge in [0, 0.05) is 43.5 Å². The maximum atomic E-state index is 11.3. The van der Waals surface area contributed by atoms with E-state index in [4.69, 9.17) is 0 Å². The molecule has 0 amide bonds. The molecular formula is C17H21N5O. The molecule has 1 aromatic heterocycles. The van der Waals surface area contributed by atoms with Gasteiger partial charge < -0.3 is 15.1 Å². The van der Waals surface area contributed by atoms with E-state index in [2.05, 4.69) is 32.1 Å². The molecule has 2 aromatic rings. The van der Waals surface area contributed by atoms with Crippen LogP contribution in [0.2, 0.25) is 0 Å². The second kappa shape index (κ2) is 6.75. The van der Waals surface area contributed by atoms with Crippen LogP contribution < -0.4 is 10.2 Å². The van der Waals surface area contributed by atoms with E-state index in [9.17, 15) is 4.79 Å². The first-order valence-corrected chi connectivity index (χ1v) is 7.75. The van der Waals surface area contributed by atoms with Crippen molar-refractivity contribution in [3.63, 3.8) is 0 Å². The Balaban J connectivity index is 1.71. The molecular weight excluding hydrogens is 290 g/mol. The molecule has 23 heavy (non-hydrogen) atoms. The van der Waals surface area contributed by atoms with Crippen molar-refractivity contribution in [2.24, 2.45) is 0 Å². The van der Waals surface area contributed by atoms with Crippen LogP contribution in [0.3, 0.4) is 0 Å². The second-order valence-electron chi connectivity index (χ2n) is 5.81. The van der Waals surface area contributed by atoms with Gasteiger partial charge in [-0.25, -0.2) is 9.97 Å². The number of benzene rings is 1. The van der Waals surface area contributed by atoms with Crippen LogP contribution in [-0.4, -0.2) is 53.9 Å². The molecule has 0 saturated carbocycles. The van der Waals surface area contributed by atoms with E-state index in [0.717, 1.165) is 43.5 Å². The van der Waals surface area contributed by atoms with Crippen LogP contribution in [0.1, 0.15) is 17.3 Å². The largest absolute Gasteiger partial charge is 0.354 e. The first-order chi connectivity index (χ1) is 11.1. The third-order valence-corrected chi connectivity index (χ3v) is 4.04. The lowest BCUT2D eigenvalue weighted by atomic mass is 10.1. The normalized spacial score (nSPS) is 15.5. The van der Waals surface area contributed by atoms with Crippen molar-refractivity contribution in [3.05, 3.63) is 42.2 Å². The Bertz CT molecular complexity index is 678. The number of piperazine rings is 1. The lowest BCUT2D eigenvalue weighted by Gasteiger charge is -2.33. The Morgan fingerprint density at radius 1 is 1.09 bits per heavy atom. The minimum absolute atomic E-state index is 0.0657. The zero-order chi connectivity index (χ0) is 16.2. The molecule has 120 valence electrons. The summed E-state index contributed by atoms with van der Waals surface area (Å²) < 4.78 is 0. The van der Waals surface area contributed by atoms with E-state index in [-0.39, 0.29) is 5.78 Å². The van der Waals surface area contributed by atoms with E-state index >= 15 is 0 Å². The number of anilines is 3. The van der Waals surface area contributed by atoms with Crippen LogP contribution in [0, 0.1) is 0 Å². The number of carbonyl (C=O) groups is 1. The van der Waals surface area contributed by atoms with Crippen LogP contribution in [0.5, 0.6) is 0 Å². The number of aromatic nitrogens is 2. The summed E-state index contributed by atoms with van der Waals surface area (Å²) in [6, 6.07) is 9.35. The Morgan fingerprint density at radius 2 is 1.78 bits per heavy atom. The summed E-state index contributed by atoms with van der Waals surface area (Å²) in [5.74, 6) is 1.76. The van der Waals surface area contributed by atoms with Crippen molar-refractivity contribution in [2.75, 3.05) is 43.4 Å². The van der Waals surface area contributed by atoms with Crippen LogP contribution >= 0.6 is 0 Å². The predicted molar refractivity (Wildman–Crippen MR) is 91.5 cm³/mol. The number of hydrogen-bond donors (Lipinski definition) is 1. The van der Waals surface area contributed by atoms with Gasteiger partial charge in [0.1, 0.15) is 18.0 Å². The Hall–Kier alpha value is -2.47. The van der Waals surface area contributed by atoms with Gasteiger partial charge in [0.05, 0.1) is 0 Å². The topological polar surface area (TPSA) is 61.4 Å². The number of ketones is 1. The average Bonchev–Trinajstić information content (AvgIpc) is 2.56. The monoisotopic (exact) mass is 311 g/mol. The van der Waals surface area contributed by atoms with E-state index in [0.29, 0.717) is 5.56 Å². The molecule has 0 bridgehead atoms. The second-order valence-corrected chi connectivity index (χ2v) is 5.81. The van der Waals surface area contributed by atoms with E-state index in [1.165, 1.54) is 0 Å². The summed E-state index contributed by atoms with van der Waals surface area (Å²) in [5.41, 5.74) is 1.61. The number of nitrogens with zero attached hydrogens (tertiary/aromatic N) is 4. The summed E-state index contributed by atoms with van der Waals surface area (Å²) in [7, 11) is 2.13. The SMILES string of the molecule is CC(=O)c1ccc(Nc2cc(N3CCN(C)CC3)ncn2)cc1. The summed E-state index contributed by atoms with van der Waals surface area (Å²) in [5, 5.41) is 3.26. The van der Waals surface area contributed by atoms with Gasteiger partial charge in [-0.1, -0.05) is 0 Å². The zero-order valence-electron chi connectivity index (χ0n) is 13.5. The van der Waals surface area contributed by atoms with Crippen molar-refractivity contribution in [2.45, 2.75) is 6.92 Å². The first-order valence-electron chi connectivity index (χ1n) is 7.75. The smallest absolute Gasteiger partial charge is 0.159 e. The van der Waals surface area contributed by atoms with Crippen LogP contribution in [-0.2, 0) is 0 Å². The van der Waals surface area contributed by atoms with Crippen LogP contribution in [0.25, 0.3) is 0 Å². The van der Waals surface area contributed by atoms with Gasteiger partial charge in [0.15, 0.2) is 5.78 Å². The molecule has 1 aliphatic heterocycles. The maximum absolute atomic E-state index is 11.3. The van der Waals surface area contributed by atoms with Gasteiger partial charge in [-0.15, -0.1) is 0 Å². The standard InChI is InChI=1S/C17H21N5O/c1-13(23)14-3-5-15(6-4-14)20-16-11-17(19-12-18-16)22-9-7-21(2)8-10-22/h3-6,11-12H,7-10H2,1-2H3,(H,18,19,20). The summed E-state index contributed by atoms with van der Waals surface area (Å²) in [6.45, 7) is 5.59. The number of Topliss-reactive ketones (excluding diaryl/α,β-unsaturated/α-hetero) is 1. The molecule has 3 rings (SSSR count). The van der Waals surface area contributed by atoms with Crippen LogP contribution in [0.4, 0.5) is 17.3 Å². The molecule has 0 radical (unpaired) electrons. The number of nitrogens with one attached hydrogen (secondary N) is 1. The number of hydrogen-bond acceptors (Lipinski definition) is 6. The van der Waals surface area contributed by atoms with E-state index in [1.54, 1.807) is 13.3 Å². The summed E-state index contributed by atoms with van der Waals surface area (Å²) >= 11 is 0. The highest BCUT2D eigenvalue weighted by atomic mass is 16.1. The number of rotatable bonds is 4. The minimum Gasteiger partial charge on any atom is -0.354 e. The van der Waals surface area contributed by atoms with Crippen LogP contribution in [0.15, 0.2) is 36.7 Å². The van der Waals surface area contributed by atoms with Crippen molar-refractivity contribution in [3.8, 4) is 0 Å². The maximum Gasteiger partial charge on any atom is 0.159 e. The fourth-order valence-corrected chi connectivity index (χ4v) is 2.56. The molecule has 6 nitrogen and oxygen atoms in total. The number of likely N-dealkylation sites (N-methyl/N-ethyl adjacent to an activating group) is 1. The number of carbonyl (C=O) groups excluding carboxylic acids is 1. The molecule has 0 spiro atoms. The molecule has 1 N–H and O–H groups in total.